The van der Waals surface area contributed by atoms with Crippen LogP contribution in [0.2, 0.25) is 0 Å². The van der Waals surface area contributed by atoms with Crippen molar-refractivity contribution in [1.29, 1.82) is 0 Å². The van der Waals surface area contributed by atoms with Gasteiger partial charge in [0.15, 0.2) is 0 Å². The summed E-state index contributed by atoms with van der Waals surface area (Å²) in [5.41, 5.74) is 0. The number of hydrogen-bond acceptors (Lipinski definition) is 3. The molecular weight excluding hydrogens is 297 g/mol. The number of carbonyl (C=O) groups excluding carboxylic acids is 1. The number of morpholine rings is 1. The second kappa shape index (κ2) is 6.95. The molecule has 2 saturated heterocycles. The Morgan fingerprint density at radius 1 is 1.30 bits per heavy atom. The number of nitrogens with zero attached hydrogens (tertiary/aromatic N) is 1. The van der Waals surface area contributed by atoms with Gasteiger partial charge in [-0.3, -0.25) is 4.79 Å². The van der Waals surface area contributed by atoms with Gasteiger partial charge in [-0.2, -0.15) is 13.2 Å². The monoisotopic (exact) mass is 316 g/mol. The van der Waals surface area contributed by atoms with E-state index in [0.717, 1.165) is 0 Å². The summed E-state index contributed by atoms with van der Waals surface area (Å²) in [4.78, 5) is 13.7. The third-order valence-electron chi connectivity index (χ3n) is 3.85. The Morgan fingerprint density at radius 3 is 2.40 bits per heavy atom. The van der Waals surface area contributed by atoms with Gasteiger partial charge in [-0.1, -0.05) is 0 Å². The summed E-state index contributed by atoms with van der Waals surface area (Å²) in [5, 5.41) is 3.07. The number of piperidine rings is 1. The first-order chi connectivity index (χ1) is 8.89. The van der Waals surface area contributed by atoms with Gasteiger partial charge in [-0.25, -0.2) is 0 Å². The lowest BCUT2D eigenvalue weighted by atomic mass is 9.95. The van der Waals surface area contributed by atoms with E-state index in [1.165, 1.54) is 4.90 Å². The molecule has 1 N–H and O–H groups in total. The number of hydrogen-bond donors (Lipinski definition) is 1. The number of rotatable bonds is 1. The highest BCUT2D eigenvalue weighted by Gasteiger charge is 2.42. The molecule has 0 unspecified atom stereocenters. The van der Waals surface area contributed by atoms with Gasteiger partial charge in [-0.15, -0.1) is 12.4 Å². The zero-order chi connectivity index (χ0) is 14.0. The fourth-order valence-electron chi connectivity index (χ4n) is 2.63. The molecule has 0 aromatic rings. The average Bonchev–Trinajstić information content (AvgIpc) is 2.38. The molecule has 8 heteroatoms. The van der Waals surface area contributed by atoms with E-state index < -0.39 is 18.1 Å². The second-order valence-corrected chi connectivity index (χ2v) is 5.15. The van der Waals surface area contributed by atoms with Gasteiger partial charge >= 0.3 is 6.18 Å². The highest BCUT2D eigenvalue weighted by Crippen LogP contribution is 2.34. The van der Waals surface area contributed by atoms with Gasteiger partial charge in [0.25, 0.3) is 0 Å². The maximum Gasteiger partial charge on any atom is 0.391 e. The lowest BCUT2D eigenvalue weighted by Crippen LogP contribution is -2.57. The summed E-state index contributed by atoms with van der Waals surface area (Å²) in [5.74, 6) is -1.42. The molecule has 0 aliphatic carbocycles. The molecule has 0 aromatic heterocycles. The van der Waals surface area contributed by atoms with Gasteiger partial charge in [-0.05, 0) is 19.8 Å². The molecule has 4 nitrogen and oxygen atoms in total. The van der Waals surface area contributed by atoms with Crippen LogP contribution in [0.4, 0.5) is 13.2 Å². The van der Waals surface area contributed by atoms with Crippen LogP contribution in [-0.4, -0.2) is 55.4 Å². The van der Waals surface area contributed by atoms with Crippen molar-refractivity contribution < 1.29 is 22.7 Å². The summed E-state index contributed by atoms with van der Waals surface area (Å²) < 4.78 is 43.0. The normalized spacial score (nSPS) is 28.9. The first kappa shape index (κ1) is 17.5. The van der Waals surface area contributed by atoms with Crippen molar-refractivity contribution >= 4 is 18.3 Å². The van der Waals surface area contributed by atoms with Crippen molar-refractivity contribution in [1.82, 2.24) is 10.2 Å². The highest BCUT2D eigenvalue weighted by molar-refractivity contribution is 5.85. The largest absolute Gasteiger partial charge is 0.391 e. The Labute approximate surface area is 122 Å². The number of carbonyl (C=O) groups is 1. The number of alkyl halides is 3. The molecule has 118 valence electrons. The van der Waals surface area contributed by atoms with Crippen LogP contribution in [0.25, 0.3) is 0 Å². The molecule has 0 saturated carbocycles. The molecule has 2 atom stereocenters. The Morgan fingerprint density at radius 2 is 1.90 bits per heavy atom. The van der Waals surface area contributed by atoms with E-state index in [-0.39, 0.29) is 50.3 Å². The minimum absolute atomic E-state index is 0. The molecule has 2 heterocycles. The van der Waals surface area contributed by atoms with Gasteiger partial charge in [0.05, 0.1) is 18.6 Å². The van der Waals surface area contributed by atoms with Crippen LogP contribution in [0, 0.1) is 5.92 Å². The van der Waals surface area contributed by atoms with Crippen molar-refractivity contribution in [3.05, 3.63) is 0 Å². The van der Waals surface area contributed by atoms with E-state index in [1.54, 1.807) is 6.92 Å². The quantitative estimate of drug-likeness (QED) is 0.799. The predicted molar refractivity (Wildman–Crippen MR) is 69.8 cm³/mol. The van der Waals surface area contributed by atoms with Crippen molar-refractivity contribution in [2.45, 2.75) is 38.1 Å². The highest BCUT2D eigenvalue weighted by atomic mass is 35.5. The number of likely N-dealkylation sites (tertiary alicyclic amines) is 1. The summed E-state index contributed by atoms with van der Waals surface area (Å²) in [7, 11) is 0. The van der Waals surface area contributed by atoms with E-state index in [0.29, 0.717) is 13.2 Å². The van der Waals surface area contributed by atoms with Crippen LogP contribution in [0.3, 0.4) is 0 Å². The standard InChI is InChI=1S/C12H19F3N2O2.ClH/c1-8-10(16-4-7-19-8)11(18)17-5-2-9(3-6-17)12(13,14)15;/h8-10,16H,2-7H2,1H3;1H/t8-,10+;/m1./s1. The van der Waals surface area contributed by atoms with Crippen molar-refractivity contribution in [3.8, 4) is 0 Å². The molecular formula is C12H20ClF3N2O2. The number of nitrogens with one attached hydrogen (secondary N) is 1. The van der Waals surface area contributed by atoms with Crippen LogP contribution in [0.1, 0.15) is 19.8 Å². The van der Waals surface area contributed by atoms with Gasteiger partial charge < -0.3 is 15.0 Å². The van der Waals surface area contributed by atoms with Crippen molar-refractivity contribution in [2.75, 3.05) is 26.2 Å². The fourth-order valence-corrected chi connectivity index (χ4v) is 2.63. The number of ether oxygens (including phenoxy) is 1. The van der Waals surface area contributed by atoms with Crippen LogP contribution in [0.15, 0.2) is 0 Å². The summed E-state index contributed by atoms with van der Waals surface area (Å²) in [6, 6.07) is -0.434. The zero-order valence-electron chi connectivity index (χ0n) is 11.3. The summed E-state index contributed by atoms with van der Waals surface area (Å²) in [6.45, 7) is 3.31. The van der Waals surface area contributed by atoms with Gasteiger partial charge in [0, 0.05) is 19.6 Å². The SMILES string of the molecule is C[C@H]1OCCN[C@@H]1C(=O)N1CCC(C(F)(F)F)CC1.Cl. The zero-order valence-corrected chi connectivity index (χ0v) is 12.1. The molecule has 0 aromatic carbocycles. The summed E-state index contributed by atoms with van der Waals surface area (Å²) >= 11 is 0. The van der Waals surface area contributed by atoms with E-state index in [4.69, 9.17) is 4.74 Å². The molecule has 2 aliphatic heterocycles. The first-order valence-corrected chi connectivity index (χ1v) is 6.60. The van der Waals surface area contributed by atoms with Crippen LogP contribution >= 0.6 is 12.4 Å². The second-order valence-electron chi connectivity index (χ2n) is 5.15. The number of amides is 1. The van der Waals surface area contributed by atoms with E-state index in [1.807, 2.05) is 0 Å². The maximum absolute atomic E-state index is 12.6. The fraction of sp³-hybridized carbons (Fsp3) is 0.917. The summed E-state index contributed by atoms with van der Waals surface area (Å²) in [6.07, 6.45) is -4.38. The minimum Gasteiger partial charge on any atom is -0.375 e. The van der Waals surface area contributed by atoms with Crippen LogP contribution in [-0.2, 0) is 9.53 Å². The Kier molecular flexibility index (Phi) is 6.09. The smallest absolute Gasteiger partial charge is 0.375 e. The topological polar surface area (TPSA) is 41.6 Å². The molecule has 2 aliphatic rings. The van der Waals surface area contributed by atoms with Crippen LogP contribution < -0.4 is 5.32 Å². The molecule has 0 bridgehead atoms. The van der Waals surface area contributed by atoms with E-state index >= 15 is 0 Å². The Bertz CT molecular complexity index is 333. The first-order valence-electron chi connectivity index (χ1n) is 6.60. The molecule has 0 radical (unpaired) electrons. The number of halogens is 4. The predicted octanol–water partition coefficient (Wildman–Crippen LogP) is 1.59. The van der Waals surface area contributed by atoms with E-state index in [9.17, 15) is 18.0 Å². The maximum atomic E-state index is 12.6. The molecule has 2 fully saturated rings. The molecule has 1 amide bonds. The minimum atomic E-state index is -4.14. The van der Waals surface area contributed by atoms with Crippen LogP contribution in [0.5, 0.6) is 0 Å². The third kappa shape index (κ3) is 3.99. The van der Waals surface area contributed by atoms with Crippen molar-refractivity contribution in [3.63, 3.8) is 0 Å². The molecule has 2 rings (SSSR count). The lowest BCUT2D eigenvalue weighted by molar-refractivity contribution is -0.187. The van der Waals surface area contributed by atoms with E-state index in [2.05, 4.69) is 5.32 Å². The average molecular weight is 317 g/mol. The molecule has 20 heavy (non-hydrogen) atoms. The van der Waals surface area contributed by atoms with Gasteiger partial charge in [0.2, 0.25) is 5.91 Å². The van der Waals surface area contributed by atoms with Crippen molar-refractivity contribution in [2.24, 2.45) is 5.92 Å². The van der Waals surface area contributed by atoms with Gasteiger partial charge in [0.1, 0.15) is 6.04 Å². The third-order valence-corrected chi connectivity index (χ3v) is 3.85. The Hall–Kier alpha value is -0.530. The lowest BCUT2D eigenvalue weighted by Gasteiger charge is -2.37. The Balaban J connectivity index is 0.00000200. The molecule has 0 spiro atoms.